The van der Waals surface area contributed by atoms with E-state index in [1.165, 1.54) is 0 Å². The van der Waals surface area contributed by atoms with Gasteiger partial charge in [0.25, 0.3) is 0 Å². The topological polar surface area (TPSA) is 52.5 Å². The molecule has 0 saturated heterocycles. The third-order valence-corrected chi connectivity index (χ3v) is 3.11. The predicted octanol–water partition coefficient (Wildman–Crippen LogP) is 1.29. The molecule has 0 radical (unpaired) electrons. The van der Waals surface area contributed by atoms with Crippen LogP contribution in [0.1, 0.15) is 46.0 Å². The summed E-state index contributed by atoms with van der Waals surface area (Å²) in [5.74, 6) is 0.524. The Hall–Kier alpha value is -0.120. The van der Waals surface area contributed by atoms with Crippen LogP contribution in [-0.4, -0.2) is 35.0 Å². The fourth-order valence-corrected chi connectivity index (χ4v) is 2.31. The summed E-state index contributed by atoms with van der Waals surface area (Å²) in [5, 5.41) is 22.8. The summed E-state index contributed by atoms with van der Waals surface area (Å²) in [4.78, 5) is 0. The maximum Gasteiger partial charge on any atom is 0.0771 e. The molecular weight excluding hydrogens is 190 g/mol. The van der Waals surface area contributed by atoms with Crippen molar-refractivity contribution in [3.8, 4) is 0 Å². The normalized spacial score (nSPS) is 22.2. The van der Waals surface area contributed by atoms with Crippen molar-refractivity contribution in [3.63, 3.8) is 0 Å². The summed E-state index contributed by atoms with van der Waals surface area (Å²) in [6.07, 6.45) is 4.61. The van der Waals surface area contributed by atoms with Gasteiger partial charge in [-0.1, -0.05) is 26.7 Å². The second-order valence-corrected chi connectivity index (χ2v) is 5.35. The highest BCUT2D eigenvalue weighted by atomic mass is 16.3. The van der Waals surface area contributed by atoms with Gasteiger partial charge in [0.1, 0.15) is 0 Å². The Bertz CT molecular complexity index is 176. The van der Waals surface area contributed by atoms with E-state index in [1.807, 2.05) is 0 Å². The minimum Gasteiger partial charge on any atom is -0.392 e. The summed E-state index contributed by atoms with van der Waals surface area (Å²) in [5.41, 5.74) is -0.502. The van der Waals surface area contributed by atoms with Crippen LogP contribution in [0.15, 0.2) is 0 Å². The van der Waals surface area contributed by atoms with Crippen LogP contribution in [0.4, 0.5) is 0 Å². The van der Waals surface area contributed by atoms with Crippen molar-refractivity contribution in [1.29, 1.82) is 0 Å². The van der Waals surface area contributed by atoms with Crippen LogP contribution in [-0.2, 0) is 0 Å². The second-order valence-electron chi connectivity index (χ2n) is 5.35. The van der Waals surface area contributed by atoms with Crippen LogP contribution >= 0.6 is 0 Å². The molecule has 3 heteroatoms. The largest absolute Gasteiger partial charge is 0.392 e. The molecule has 0 amide bonds. The first-order chi connectivity index (χ1) is 7.02. The van der Waals surface area contributed by atoms with E-state index in [0.29, 0.717) is 19.0 Å². The Morgan fingerprint density at radius 1 is 1.27 bits per heavy atom. The van der Waals surface area contributed by atoms with Gasteiger partial charge in [-0.25, -0.2) is 0 Å². The molecule has 0 spiro atoms. The lowest BCUT2D eigenvalue weighted by Crippen LogP contribution is -2.41. The van der Waals surface area contributed by atoms with Gasteiger partial charge in [0.05, 0.1) is 11.7 Å². The first kappa shape index (κ1) is 12.9. The van der Waals surface area contributed by atoms with E-state index < -0.39 is 5.60 Å². The molecule has 0 heterocycles. The van der Waals surface area contributed by atoms with Crippen LogP contribution in [0.2, 0.25) is 0 Å². The lowest BCUT2D eigenvalue weighted by molar-refractivity contribution is 0.0429. The summed E-state index contributed by atoms with van der Waals surface area (Å²) in [6, 6.07) is 0. The monoisotopic (exact) mass is 215 g/mol. The highest BCUT2D eigenvalue weighted by molar-refractivity contribution is 4.86. The van der Waals surface area contributed by atoms with Crippen molar-refractivity contribution in [3.05, 3.63) is 0 Å². The van der Waals surface area contributed by atoms with Crippen LogP contribution in [0.25, 0.3) is 0 Å². The molecule has 0 aromatic heterocycles. The van der Waals surface area contributed by atoms with Gasteiger partial charge in [0.2, 0.25) is 0 Å². The second kappa shape index (κ2) is 5.83. The quantitative estimate of drug-likeness (QED) is 0.626. The Kier molecular flexibility index (Phi) is 5.03. The van der Waals surface area contributed by atoms with E-state index >= 15 is 0 Å². The fraction of sp³-hybridized carbons (Fsp3) is 1.00. The van der Waals surface area contributed by atoms with Gasteiger partial charge in [0, 0.05) is 13.1 Å². The zero-order chi connectivity index (χ0) is 11.3. The molecule has 3 nitrogen and oxygen atoms in total. The van der Waals surface area contributed by atoms with E-state index in [1.54, 1.807) is 0 Å². The van der Waals surface area contributed by atoms with E-state index in [4.69, 9.17) is 0 Å². The molecular formula is C12H25NO2. The highest BCUT2D eigenvalue weighted by Gasteiger charge is 2.30. The summed E-state index contributed by atoms with van der Waals surface area (Å²) < 4.78 is 0. The summed E-state index contributed by atoms with van der Waals surface area (Å²) in [6.45, 7) is 5.43. The molecule has 1 aliphatic carbocycles. The van der Waals surface area contributed by atoms with E-state index in [9.17, 15) is 10.2 Å². The highest BCUT2D eigenvalue weighted by Crippen LogP contribution is 2.28. The van der Waals surface area contributed by atoms with Crippen molar-refractivity contribution < 1.29 is 10.2 Å². The molecule has 1 rings (SSSR count). The van der Waals surface area contributed by atoms with Gasteiger partial charge in [0.15, 0.2) is 0 Å². The van der Waals surface area contributed by atoms with Gasteiger partial charge in [-0.15, -0.1) is 0 Å². The van der Waals surface area contributed by atoms with Crippen LogP contribution in [0.3, 0.4) is 0 Å². The lowest BCUT2D eigenvalue weighted by Gasteiger charge is -2.23. The molecule has 3 N–H and O–H groups in total. The fourth-order valence-electron chi connectivity index (χ4n) is 2.31. The van der Waals surface area contributed by atoms with Gasteiger partial charge in [-0.3, -0.25) is 0 Å². The average Bonchev–Trinajstić information content (AvgIpc) is 2.51. The molecule has 1 saturated carbocycles. The SMILES string of the molecule is CC(C)CC(O)CNCC1(O)CCCC1. The Labute approximate surface area is 92.9 Å². The van der Waals surface area contributed by atoms with E-state index in [0.717, 1.165) is 32.1 Å². The van der Waals surface area contributed by atoms with Crippen molar-refractivity contribution in [2.24, 2.45) is 5.92 Å². The molecule has 0 bridgehead atoms. The molecule has 1 fully saturated rings. The van der Waals surface area contributed by atoms with Crippen LogP contribution in [0, 0.1) is 5.92 Å². The molecule has 15 heavy (non-hydrogen) atoms. The molecule has 1 aliphatic rings. The number of hydrogen-bond donors (Lipinski definition) is 3. The maximum atomic E-state index is 10.0. The first-order valence-electron chi connectivity index (χ1n) is 6.13. The smallest absolute Gasteiger partial charge is 0.0771 e. The summed E-state index contributed by atoms with van der Waals surface area (Å²) >= 11 is 0. The minimum absolute atomic E-state index is 0.282. The van der Waals surface area contributed by atoms with Crippen LogP contribution < -0.4 is 5.32 Å². The Morgan fingerprint density at radius 2 is 1.87 bits per heavy atom. The third kappa shape index (κ3) is 4.96. The number of aliphatic hydroxyl groups excluding tert-OH is 1. The Balaban J connectivity index is 2.10. The van der Waals surface area contributed by atoms with Gasteiger partial charge >= 0.3 is 0 Å². The lowest BCUT2D eigenvalue weighted by atomic mass is 10.0. The molecule has 1 unspecified atom stereocenters. The van der Waals surface area contributed by atoms with Gasteiger partial charge in [-0.2, -0.15) is 0 Å². The average molecular weight is 215 g/mol. The zero-order valence-corrected chi connectivity index (χ0v) is 10.00. The Morgan fingerprint density at radius 3 is 2.40 bits per heavy atom. The number of aliphatic hydroxyl groups is 2. The van der Waals surface area contributed by atoms with Crippen LogP contribution in [0.5, 0.6) is 0 Å². The predicted molar refractivity (Wildman–Crippen MR) is 61.7 cm³/mol. The zero-order valence-electron chi connectivity index (χ0n) is 10.00. The van der Waals surface area contributed by atoms with Gasteiger partial charge < -0.3 is 15.5 Å². The molecule has 90 valence electrons. The first-order valence-corrected chi connectivity index (χ1v) is 6.13. The van der Waals surface area contributed by atoms with Crippen molar-refractivity contribution in [2.45, 2.75) is 57.7 Å². The van der Waals surface area contributed by atoms with E-state index in [2.05, 4.69) is 19.2 Å². The molecule has 0 aromatic rings. The van der Waals surface area contributed by atoms with Crippen molar-refractivity contribution in [2.75, 3.05) is 13.1 Å². The molecule has 0 aromatic carbocycles. The number of nitrogens with one attached hydrogen (secondary N) is 1. The number of hydrogen-bond acceptors (Lipinski definition) is 3. The number of rotatable bonds is 6. The van der Waals surface area contributed by atoms with Crippen molar-refractivity contribution in [1.82, 2.24) is 5.32 Å². The maximum absolute atomic E-state index is 10.0. The standard InChI is InChI=1S/C12H25NO2/c1-10(2)7-11(14)8-13-9-12(15)5-3-4-6-12/h10-11,13-15H,3-9H2,1-2H3. The van der Waals surface area contributed by atoms with Gasteiger partial charge in [-0.05, 0) is 25.2 Å². The van der Waals surface area contributed by atoms with E-state index in [-0.39, 0.29) is 6.10 Å². The third-order valence-electron chi connectivity index (χ3n) is 3.11. The van der Waals surface area contributed by atoms with Crippen molar-refractivity contribution >= 4 is 0 Å². The molecule has 1 atom stereocenters. The summed E-state index contributed by atoms with van der Waals surface area (Å²) in [7, 11) is 0. The molecule has 0 aliphatic heterocycles. The minimum atomic E-state index is -0.502.